The molecule has 4 aromatic rings. The number of amides is 1. The zero-order valence-corrected chi connectivity index (χ0v) is 25.0. The van der Waals surface area contributed by atoms with Gasteiger partial charge in [-0.05, 0) is 49.8 Å². The molecule has 44 heavy (non-hydrogen) atoms. The van der Waals surface area contributed by atoms with Crippen molar-refractivity contribution in [2.24, 2.45) is 5.10 Å². The first-order valence-corrected chi connectivity index (χ1v) is 14.3. The van der Waals surface area contributed by atoms with E-state index in [1.807, 2.05) is 54.7 Å². The van der Waals surface area contributed by atoms with Gasteiger partial charge in [0, 0.05) is 40.5 Å². The van der Waals surface area contributed by atoms with E-state index < -0.39 is 17.9 Å². The number of nitrogens with one attached hydrogen (secondary N) is 3. The van der Waals surface area contributed by atoms with Crippen LogP contribution in [0.4, 0.5) is 0 Å². The maximum atomic E-state index is 12.8. The van der Waals surface area contributed by atoms with Gasteiger partial charge >= 0.3 is 5.97 Å². The lowest BCUT2D eigenvalue weighted by molar-refractivity contribution is -0.139. The second kappa shape index (κ2) is 13.7. The molecule has 222 valence electrons. The Kier molecular flexibility index (Phi) is 9.32. The lowest BCUT2D eigenvalue weighted by Crippen LogP contribution is -2.45. The van der Waals surface area contributed by atoms with E-state index in [4.69, 9.17) is 21.7 Å². The summed E-state index contributed by atoms with van der Waals surface area (Å²) >= 11 is 5.33. The summed E-state index contributed by atoms with van der Waals surface area (Å²) in [7, 11) is 0. The molecule has 3 aromatic carbocycles. The Morgan fingerprint density at radius 3 is 2.68 bits per heavy atom. The minimum absolute atomic E-state index is 0.223. The first kappa shape index (κ1) is 30.0. The smallest absolute Gasteiger partial charge is 0.338 e. The number of carbonyl (C=O) groups is 2. The Morgan fingerprint density at radius 2 is 1.86 bits per heavy atom. The van der Waals surface area contributed by atoms with Crippen LogP contribution in [0.1, 0.15) is 42.1 Å². The number of ether oxygens (including phenoxy) is 2. The first-order valence-electron chi connectivity index (χ1n) is 13.9. The predicted molar refractivity (Wildman–Crippen MR) is 171 cm³/mol. The van der Waals surface area contributed by atoms with E-state index in [1.54, 1.807) is 44.3 Å². The SMILES string of the molecule is CCOC(=O)C1=C(C)NC(=S)N[C@H]1c1ccccc1OCC(=O)NN=Cc1cn(Cc2ccccc2C#N)c2ccccc12. The Bertz CT molecular complexity index is 1840. The molecule has 0 saturated heterocycles. The number of para-hydroxylation sites is 2. The van der Waals surface area contributed by atoms with E-state index in [9.17, 15) is 14.9 Å². The third kappa shape index (κ3) is 6.61. The Labute approximate surface area is 260 Å². The molecule has 0 aliphatic carbocycles. The van der Waals surface area contributed by atoms with Gasteiger partial charge in [0.05, 0.1) is 36.1 Å². The third-order valence-corrected chi connectivity index (χ3v) is 7.26. The first-order chi connectivity index (χ1) is 21.4. The van der Waals surface area contributed by atoms with Gasteiger partial charge in [0.25, 0.3) is 5.91 Å². The van der Waals surface area contributed by atoms with Gasteiger partial charge in [0.2, 0.25) is 0 Å². The zero-order valence-electron chi connectivity index (χ0n) is 24.2. The molecule has 2 heterocycles. The number of nitriles is 1. The molecule has 0 radical (unpaired) electrons. The van der Waals surface area contributed by atoms with E-state index in [0.29, 0.717) is 39.8 Å². The fourth-order valence-corrected chi connectivity index (χ4v) is 5.34. The quantitative estimate of drug-likeness (QED) is 0.105. The molecule has 1 amide bonds. The monoisotopic (exact) mass is 606 g/mol. The molecule has 0 fully saturated rings. The summed E-state index contributed by atoms with van der Waals surface area (Å²) in [4.78, 5) is 25.5. The van der Waals surface area contributed by atoms with Crippen LogP contribution in [-0.4, -0.2) is 41.0 Å². The number of fused-ring (bicyclic) bond motifs is 1. The average molecular weight is 607 g/mol. The lowest BCUT2D eigenvalue weighted by Gasteiger charge is -2.30. The van der Waals surface area contributed by atoms with E-state index in [0.717, 1.165) is 22.0 Å². The van der Waals surface area contributed by atoms with E-state index in [2.05, 4.69) is 31.8 Å². The molecular formula is C33H30N6O4S. The molecule has 5 rings (SSSR count). The van der Waals surface area contributed by atoms with Gasteiger partial charge in [-0.3, -0.25) is 4.79 Å². The van der Waals surface area contributed by atoms with Gasteiger partial charge in [-0.15, -0.1) is 0 Å². The molecule has 1 aliphatic heterocycles. The van der Waals surface area contributed by atoms with Crippen molar-refractivity contribution in [3.05, 3.63) is 113 Å². The van der Waals surface area contributed by atoms with E-state index in [1.165, 1.54) is 0 Å². The minimum Gasteiger partial charge on any atom is -0.483 e. The number of benzene rings is 3. The minimum atomic E-state index is -0.627. The van der Waals surface area contributed by atoms with Crippen molar-refractivity contribution < 1.29 is 19.1 Å². The highest BCUT2D eigenvalue weighted by atomic mass is 32.1. The predicted octanol–water partition coefficient (Wildman–Crippen LogP) is 4.45. The van der Waals surface area contributed by atoms with Crippen molar-refractivity contribution in [1.82, 2.24) is 20.6 Å². The largest absolute Gasteiger partial charge is 0.483 e. The van der Waals surface area contributed by atoms with Crippen molar-refractivity contribution in [3.63, 3.8) is 0 Å². The summed E-state index contributed by atoms with van der Waals surface area (Å²) in [6.45, 7) is 3.92. The average Bonchev–Trinajstić information content (AvgIpc) is 3.37. The normalized spacial score (nSPS) is 14.6. The van der Waals surface area contributed by atoms with E-state index >= 15 is 0 Å². The molecule has 0 spiro atoms. The molecule has 1 atom stereocenters. The summed E-state index contributed by atoms with van der Waals surface area (Å²) in [5, 5.41) is 21.1. The van der Waals surface area contributed by atoms with Gasteiger partial charge < -0.3 is 24.7 Å². The standard InChI is InChI=1S/C33H30N6O4S/c1-3-42-32(41)30-21(2)36-33(44)37-31(30)26-13-7-9-15-28(26)43-20-29(40)38-35-17-24-19-39(27-14-8-6-12-25(24)27)18-23-11-5-4-10-22(23)16-34/h4-15,17,19,31H,3,18,20H2,1-2H3,(H,38,40)(H2,36,37,44)/t31-/m0/s1. The summed E-state index contributed by atoms with van der Waals surface area (Å²) < 4.78 is 13.2. The number of hydrazone groups is 1. The molecule has 1 aliphatic rings. The van der Waals surface area contributed by atoms with Gasteiger partial charge in [-0.1, -0.05) is 54.6 Å². The number of allylic oxidation sites excluding steroid dienone is 1. The highest BCUT2D eigenvalue weighted by Gasteiger charge is 2.32. The number of rotatable bonds is 10. The molecular weight excluding hydrogens is 576 g/mol. The number of esters is 1. The van der Waals surface area contributed by atoms with Crippen molar-refractivity contribution in [2.75, 3.05) is 13.2 Å². The number of aromatic nitrogens is 1. The molecule has 10 nitrogen and oxygen atoms in total. The van der Waals surface area contributed by atoms with Crippen LogP contribution in [0, 0.1) is 11.3 Å². The van der Waals surface area contributed by atoms with Gasteiger partial charge in [-0.2, -0.15) is 10.4 Å². The Balaban J connectivity index is 1.28. The van der Waals surface area contributed by atoms with Crippen molar-refractivity contribution in [1.29, 1.82) is 5.26 Å². The number of hydrogen-bond acceptors (Lipinski definition) is 7. The van der Waals surface area contributed by atoms with Crippen molar-refractivity contribution in [3.8, 4) is 11.8 Å². The zero-order chi connectivity index (χ0) is 31.1. The second-order valence-electron chi connectivity index (χ2n) is 9.91. The summed E-state index contributed by atoms with van der Waals surface area (Å²) in [5.74, 6) is -0.534. The van der Waals surface area contributed by atoms with Crippen LogP contribution >= 0.6 is 12.2 Å². The summed E-state index contributed by atoms with van der Waals surface area (Å²) in [5.41, 5.74) is 7.42. The van der Waals surface area contributed by atoms with E-state index in [-0.39, 0.29) is 13.2 Å². The van der Waals surface area contributed by atoms with Crippen molar-refractivity contribution in [2.45, 2.75) is 26.4 Å². The summed E-state index contributed by atoms with van der Waals surface area (Å²) in [6.07, 6.45) is 3.52. The van der Waals surface area contributed by atoms with Crippen LogP contribution in [0.15, 0.2) is 95.4 Å². The maximum Gasteiger partial charge on any atom is 0.338 e. The maximum absolute atomic E-state index is 12.8. The van der Waals surface area contributed by atoms with Crippen LogP contribution in [0.5, 0.6) is 5.75 Å². The Morgan fingerprint density at radius 1 is 1.11 bits per heavy atom. The third-order valence-electron chi connectivity index (χ3n) is 7.04. The van der Waals surface area contributed by atoms with Crippen LogP contribution < -0.4 is 20.8 Å². The highest BCUT2D eigenvalue weighted by Crippen LogP contribution is 2.33. The number of carbonyl (C=O) groups excluding carboxylic acids is 2. The molecule has 3 N–H and O–H groups in total. The molecule has 0 unspecified atom stereocenters. The highest BCUT2D eigenvalue weighted by molar-refractivity contribution is 7.80. The van der Waals surface area contributed by atoms with Crippen LogP contribution in [0.25, 0.3) is 10.9 Å². The number of hydrogen-bond donors (Lipinski definition) is 3. The fourth-order valence-electron chi connectivity index (χ4n) is 5.07. The van der Waals surface area contributed by atoms with Gasteiger partial charge in [0.1, 0.15) is 5.75 Å². The molecule has 0 saturated carbocycles. The number of nitrogens with zero attached hydrogens (tertiary/aromatic N) is 3. The topological polar surface area (TPSA) is 130 Å². The summed E-state index contributed by atoms with van der Waals surface area (Å²) in [6, 6.07) is 24.1. The molecule has 0 bridgehead atoms. The molecule has 1 aromatic heterocycles. The van der Waals surface area contributed by atoms with Crippen molar-refractivity contribution >= 4 is 46.3 Å². The molecule has 11 heteroatoms. The van der Waals surface area contributed by atoms with Crippen LogP contribution in [0.2, 0.25) is 0 Å². The fraction of sp³-hybridized carbons (Fsp3) is 0.182. The van der Waals surface area contributed by atoms with Crippen LogP contribution in [-0.2, 0) is 20.9 Å². The second-order valence-corrected chi connectivity index (χ2v) is 10.3. The van der Waals surface area contributed by atoms with Gasteiger partial charge in [-0.25, -0.2) is 10.2 Å². The Hall–Kier alpha value is -5.47. The van der Waals surface area contributed by atoms with Gasteiger partial charge in [0.15, 0.2) is 11.7 Å². The lowest BCUT2D eigenvalue weighted by atomic mass is 9.95. The van der Waals surface area contributed by atoms with Crippen LogP contribution in [0.3, 0.4) is 0 Å². The number of thiocarbonyl (C=S) groups is 1.